The Kier molecular flexibility index (Phi) is 13.2. The molecule has 3 aromatic rings. The van der Waals surface area contributed by atoms with Crippen molar-refractivity contribution in [1.29, 1.82) is 0 Å². The van der Waals surface area contributed by atoms with E-state index in [1.54, 1.807) is 63.5 Å². The number of halogens is 4. The molecule has 0 heterocycles. The normalized spacial score (nSPS) is 13.7. The van der Waals surface area contributed by atoms with Crippen LogP contribution in [0.4, 0.5) is 13.2 Å². The van der Waals surface area contributed by atoms with Crippen LogP contribution in [0.15, 0.2) is 65.6 Å². The first-order valence-electron chi connectivity index (χ1n) is 14.6. The van der Waals surface area contributed by atoms with Crippen molar-refractivity contribution in [2.75, 3.05) is 46.1 Å². The minimum atomic E-state index is -5.20. The van der Waals surface area contributed by atoms with Crippen molar-refractivity contribution in [1.82, 2.24) is 10.2 Å². The quantitative estimate of drug-likeness (QED) is 0.189. The van der Waals surface area contributed by atoms with Crippen LogP contribution in [0.2, 0.25) is 5.02 Å². The van der Waals surface area contributed by atoms with Crippen LogP contribution in [0.25, 0.3) is 0 Å². The molecule has 1 N–H and O–H groups in total. The summed E-state index contributed by atoms with van der Waals surface area (Å²) in [4.78, 5) is 29.1. The molecule has 3 aromatic carbocycles. The van der Waals surface area contributed by atoms with E-state index in [1.807, 2.05) is 6.26 Å². The van der Waals surface area contributed by atoms with E-state index >= 15 is 0 Å². The lowest BCUT2D eigenvalue weighted by Gasteiger charge is -2.40. The number of benzene rings is 3. The van der Waals surface area contributed by atoms with Crippen molar-refractivity contribution in [3.05, 3.63) is 82.4 Å². The van der Waals surface area contributed by atoms with Gasteiger partial charge in [-0.15, -0.1) is 13.2 Å². The van der Waals surface area contributed by atoms with Gasteiger partial charge in [-0.25, -0.2) is 8.42 Å². The summed E-state index contributed by atoms with van der Waals surface area (Å²) < 4.78 is 81.9. The summed E-state index contributed by atoms with van der Waals surface area (Å²) in [6.07, 6.45) is -3.73. The molecule has 0 aliphatic carbocycles. The topological polar surface area (TPSA) is 111 Å². The number of para-hydroxylation sites is 1. The molecular formula is C33H38ClF3N2O7S2. The largest absolute Gasteiger partial charge is 0.573 e. The van der Waals surface area contributed by atoms with Gasteiger partial charge < -0.3 is 19.1 Å². The Hall–Kier alpha value is -3.46. The molecule has 1 amide bonds. The summed E-state index contributed by atoms with van der Waals surface area (Å²) in [5.41, 5.74) is -0.692. The molecule has 9 nitrogen and oxygen atoms in total. The number of amides is 1. The number of ketones is 1. The minimum Gasteiger partial charge on any atom is -0.497 e. The average molecular weight is 731 g/mol. The molecule has 0 aliphatic heterocycles. The van der Waals surface area contributed by atoms with Crippen molar-refractivity contribution in [2.24, 2.45) is 0 Å². The summed E-state index contributed by atoms with van der Waals surface area (Å²) >= 11 is 7.98. The van der Waals surface area contributed by atoms with Crippen LogP contribution >= 0.6 is 23.4 Å². The van der Waals surface area contributed by atoms with Gasteiger partial charge in [0, 0.05) is 37.2 Å². The number of aryl methyl sites for hydroxylation is 1. The number of rotatable bonds is 16. The Bertz CT molecular complexity index is 1720. The summed E-state index contributed by atoms with van der Waals surface area (Å²) in [6, 6.07) is 13.5. The van der Waals surface area contributed by atoms with Gasteiger partial charge in [0.15, 0.2) is 21.4 Å². The number of carbonyl (C=O) groups excluding carboxylic acids is 2. The second-order valence-corrected chi connectivity index (χ2v) is 14.5. The number of hydrogen-bond acceptors (Lipinski definition) is 9. The first kappa shape index (κ1) is 39.0. The van der Waals surface area contributed by atoms with E-state index in [0.717, 1.165) is 12.1 Å². The van der Waals surface area contributed by atoms with Gasteiger partial charge in [-0.2, -0.15) is 11.8 Å². The molecule has 2 atom stereocenters. The lowest BCUT2D eigenvalue weighted by atomic mass is 9.75. The van der Waals surface area contributed by atoms with E-state index in [9.17, 15) is 31.2 Å². The second-order valence-electron chi connectivity index (χ2n) is 11.0. The predicted octanol–water partition coefficient (Wildman–Crippen LogP) is 6.04. The van der Waals surface area contributed by atoms with Gasteiger partial charge in [-0.05, 0) is 66.8 Å². The SMILES string of the molecule is COc1ccc(S(=O)(=O)CCC(=O)C(N[C@@H](CCSC)C(=O)N(C)C)(c2cc(Cl)ccc2C)c2ccccc2OC)c(OC(F)(F)F)c1. The molecule has 0 spiro atoms. The van der Waals surface area contributed by atoms with Crippen LogP contribution in [0.1, 0.15) is 29.5 Å². The lowest BCUT2D eigenvalue weighted by Crippen LogP contribution is -2.58. The fraction of sp³-hybridized carbons (Fsp3) is 0.394. The molecule has 0 aliphatic rings. The molecule has 0 saturated carbocycles. The number of nitrogens with one attached hydrogen (secondary N) is 1. The predicted molar refractivity (Wildman–Crippen MR) is 180 cm³/mol. The number of nitrogens with zero attached hydrogens (tertiary/aromatic N) is 1. The molecule has 0 bridgehead atoms. The van der Waals surface area contributed by atoms with Crippen LogP contribution in [-0.4, -0.2) is 83.5 Å². The van der Waals surface area contributed by atoms with Gasteiger partial charge in [0.05, 0.1) is 26.0 Å². The summed E-state index contributed by atoms with van der Waals surface area (Å²) in [5.74, 6) is -2.20. The van der Waals surface area contributed by atoms with Crippen LogP contribution in [0.3, 0.4) is 0 Å². The highest BCUT2D eigenvalue weighted by Crippen LogP contribution is 2.41. The smallest absolute Gasteiger partial charge is 0.497 e. The van der Waals surface area contributed by atoms with E-state index in [0.29, 0.717) is 23.3 Å². The highest BCUT2D eigenvalue weighted by Gasteiger charge is 2.47. The standard InChI is InChI=1S/C33H38ClF3N2O7S2/c1-21-11-12-22(34)19-25(21)32(24-9-7-8-10-27(24)45-5,38-26(15-17-47-6)31(41)39(2)3)30(40)16-18-48(42,43)29-14-13-23(44-4)20-28(29)46-33(35,36)37/h7-14,19-20,26,38H,15-18H2,1-6H3/t26-,32?/m0/s1. The Morgan fingerprint density at radius 2 is 1.67 bits per heavy atom. The maximum atomic E-state index is 14.9. The van der Waals surface area contributed by atoms with E-state index in [-0.39, 0.29) is 28.0 Å². The monoisotopic (exact) mass is 730 g/mol. The third-order valence-corrected chi connectivity index (χ3v) is 10.2. The Labute approximate surface area is 288 Å². The number of alkyl halides is 3. The van der Waals surface area contributed by atoms with Gasteiger partial charge in [0.25, 0.3) is 0 Å². The fourth-order valence-corrected chi connectivity index (χ4v) is 7.30. The minimum absolute atomic E-state index is 0.0676. The van der Waals surface area contributed by atoms with Crippen molar-refractivity contribution in [3.63, 3.8) is 0 Å². The number of hydrogen-bond donors (Lipinski definition) is 1. The molecule has 0 saturated heterocycles. The zero-order chi connectivity index (χ0) is 35.9. The average Bonchev–Trinajstić information content (AvgIpc) is 3.04. The van der Waals surface area contributed by atoms with E-state index in [1.165, 1.54) is 36.9 Å². The zero-order valence-electron chi connectivity index (χ0n) is 27.3. The third kappa shape index (κ3) is 9.16. The third-order valence-electron chi connectivity index (χ3n) is 7.58. The Morgan fingerprint density at radius 3 is 2.27 bits per heavy atom. The van der Waals surface area contributed by atoms with E-state index < -0.39 is 56.4 Å². The molecule has 15 heteroatoms. The number of methoxy groups -OCH3 is 2. The number of thioether (sulfide) groups is 1. The number of Topliss-reactive ketones (excluding diaryl/α,β-unsaturated/α-hetero) is 1. The van der Waals surface area contributed by atoms with E-state index in [4.69, 9.17) is 21.1 Å². The number of sulfone groups is 1. The van der Waals surface area contributed by atoms with Crippen molar-refractivity contribution in [2.45, 2.75) is 42.6 Å². The van der Waals surface area contributed by atoms with Crippen LogP contribution in [-0.2, 0) is 25.0 Å². The van der Waals surface area contributed by atoms with Crippen molar-refractivity contribution < 1.29 is 45.4 Å². The zero-order valence-corrected chi connectivity index (χ0v) is 29.7. The number of likely N-dealkylation sites (N-methyl/N-ethyl adjacent to an activating group) is 1. The summed E-state index contributed by atoms with van der Waals surface area (Å²) in [7, 11) is 1.19. The highest BCUT2D eigenvalue weighted by molar-refractivity contribution is 7.98. The van der Waals surface area contributed by atoms with Gasteiger partial charge in [-0.3, -0.25) is 14.9 Å². The second kappa shape index (κ2) is 16.3. The Balaban J connectivity index is 2.28. The molecule has 0 fully saturated rings. The summed E-state index contributed by atoms with van der Waals surface area (Å²) in [5, 5.41) is 3.58. The molecule has 1 unspecified atom stereocenters. The van der Waals surface area contributed by atoms with Gasteiger partial charge in [0.1, 0.15) is 21.9 Å². The van der Waals surface area contributed by atoms with Gasteiger partial charge in [0.2, 0.25) is 5.91 Å². The molecular weight excluding hydrogens is 693 g/mol. The molecule has 0 radical (unpaired) electrons. The van der Waals surface area contributed by atoms with Crippen LogP contribution < -0.4 is 19.5 Å². The highest BCUT2D eigenvalue weighted by atomic mass is 35.5. The van der Waals surface area contributed by atoms with Crippen molar-refractivity contribution >= 4 is 44.9 Å². The lowest BCUT2D eigenvalue weighted by molar-refractivity contribution is -0.275. The van der Waals surface area contributed by atoms with E-state index in [2.05, 4.69) is 10.1 Å². The first-order valence-corrected chi connectivity index (χ1v) is 18.0. The molecule has 3 rings (SSSR count). The van der Waals surface area contributed by atoms with Gasteiger partial charge in [-0.1, -0.05) is 35.9 Å². The number of ether oxygens (including phenoxy) is 3. The first-order chi connectivity index (χ1) is 22.5. The fourth-order valence-electron chi connectivity index (χ4n) is 5.30. The maximum absolute atomic E-state index is 14.9. The molecule has 0 aromatic heterocycles. The summed E-state index contributed by atoms with van der Waals surface area (Å²) in [6.45, 7) is 1.74. The number of carbonyl (C=O) groups is 2. The Morgan fingerprint density at radius 1 is 0.979 bits per heavy atom. The van der Waals surface area contributed by atoms with Crippen LogP contribution in [0.5, 0.6) is 17.2 Å². The molecule has 48 heavy (non-hydrogen) atoms. The van der Waals surface area contributed by atoms with Crippen LogP contribution in [0, 0.1) is 6.92 Å². The van der Waals surface area contributed by atoms with Crippen molar-refractivity contribution in [3.8, 4) is 17.2 Å². The maximum Gasteiger partial charge on any atom is 0.573 e. The van der Waals surface area contributed by atoms with Gasteiger partial charge >= 0.3 is 6.36 Å². The molecule has 262 valence electrons.